The lowest BCUT2D eigenvalue weighted by Crippen LogP contribution is -2.15. The summed E-state index contributed by atoms with van der Waals surface area (Å²) in [6, 6.07) is 13.6. The average molecular weight is 383 g/mol. The summed E-state index contributed by atoms with van der Waals surface area (Å²) >= 11 is 0. The number of hydrogen-bond acceptors (Lipinski definition) is 3. The molecule has 1 heterocycles. The van der Waals surface area contributed by atoms with Crippen LogP contribution in [0.2, 0.25) is 0 Å². The maximum absolute atomic E-state index is 12.7. The summed E-state index contributed by atoms with van der Waals surface area (Å²) in [6.45, 7) is 0. The normalized spacial score (nSPS) is 12.0. The number of aromatic nitrogens is 2. The standard InChI is InChI=1S/C21H16F3N3O/c22-21(23,24)18-8-4-15(5-9-18)13-17(19(25)28)12-14-2-6-16(7-3-14)20-26-10-1-11-27-20/h1-11,13H,12H2,(H2,25,28)/b17-13-. The van der Waals surface area contributed by atoms with E-state index in [0.717, 1.165) is 23.3 Å². The van der Waals surface area contributed by atoms with E-state index in [0.29, 0.717) is 17.0 Å². The largest absolute Gasteiger partial charge is 0.416 e. The van der Waals surface area contributed by atoms with Crippen LogP contribution in [0.15, 0.2) is 72.6 Å². The van der Waals surface area contributed by atoms with Crippen molar-refractivity contribution in [2.24, 2.45) is 5.73 Å². The van der Waals surface area contributed by atoms with Crippen LogP contribution in [-0.2, 0) is 17.4 Å². The predicted octanol–water partition coefficient (Wildman–Crippen LogP) is 4.27. The number of halogens is 3. The van der Waals surface area contributed by atoms with Gasteiger partial charge in [-0.3, -0.25) is 4.79 Å². The summed E-state index contributed by atoms with van der Waals surface area (Å²) in [7, 11) is 0. The molecule has 2 aromatic carbocycles. The van der Waals surface area contributed by atoms with Gasteiger partial charge in [-0.15, -0.1) is 0 Å². The van der Waals surface area contributed by atoms with Gasteiger partial charge in [-0.05, 0) is 35.4 Å². The number of alkyl halides is 3. The molecule has 4 nitrogen and oxygen atoms in total. The zero-order chi connectivity index (χ0) is 20.1. The number of primary amides is 1. The van der Waals surface area contributed by atoms with Gasteiger partial charge in [0.15, 0.2) is 5.82 Å². The first-order chi connectivity index (χ1) is 13.3. The van der Waals surface area contributed by atoms with Crippen LogP contribution in [0.25, 0.3) is 17.5 Å². The number of rotatable bonds is 5. The zero-order valence-corrected chi connectivity index (χ0v) is 14.6. The van der Waals surface area contributed by atoms with E-state index in [1.54, 1.807) is 18.5 Å². The number of benzene rings is 2. The molecule has 0 saturated carbocycles. The molecule has 0 aliphatic carbocycles. The van der Waals surface area contributed by atoms with Crippen LogP contribution in [0.1, 0.15) is 16.7 Å². The monoisotopic (exact) mass is 383 g/mol. The fraction of sp³-hybridized carbons (Fsp3) is 0.0952. The minimum absolute atomic E-state index is 0.256. The molecule has 0 unspecified atom stereocenters. The summed E-state index contributed by atoms with van der Waals surface area (Å²) < 4.78 is 38.0. The highest BCUT2D eigenvalue weighted by atomic mass is 19.4. The average Bonchev–Trinajstić information content (AvgIpc) is 2.68. The maximum Gasteiger partial charge on any atom is 0.416 e. The van der Waals surface area contributed by atoms with Crippen molar-refractivity contribution in [3.63, 3.8) is 0 Å². The quantitative estimate of drug-likeness (QED) is 0.669. The second-order valence-electron chi connectivity index (χ2n) is 6.10. The second kappa shape index (κ2) is 8.04. The van der Waals surface area contributed by atoms with E-state index in [4.69, 9.17) is 5.73 Å². The highest BCUT2D eigenvalue weighted by molar-refractivity contribution is 5.97. The second-order valence-corrected chi connectivity index (χ2v) is 6.10. The van der Waals surface area contributed by atoms with Crippen LogP contribution in [-0.4, -0.2) is 15.9 Å². The van der Waals surface area contributed by atoms with Crippen molar-refractivity contribution in [1.29, 1.82) is 0 Å². The molecule has 28 heavy (non-hydrogen) atoms. The fourth-order valence-electron chi connectivity index (χ4n) is 2.62. The van der Waals surface area contributed by atoms with Gasteiger partial charge < -0.3 is 5.73 Å². The lowest BCUT2D eigenvalue weighted by atomic mass is 10.0. The minimum atomic E-state index is -4.40. The molecule has 0 spiro atoms. The Bertz CT molecular complexity index is 980. The first kappa shape index (κ1) is 19.3. The molecule has 0 bridgehead atoms. The predicted molar refractivity (Wildman–Crippen MR) is 99.8 cm³/mol. The molecule has 1 amide bonds. The molecule has 1 aromatic heterocycles. The van der Waals surface area contributed by atoms with E-state index >= 15 is 0 Å². The minimum Gasteiger partial charge on any atom is -0.366 e. The Balaban J connectivity index is 1.79. The van der Waals surface area contributed by atoms with E-state index in [2.05, 4.69) is 9.97 Å². The van der Waals surface area contributed by atoms with E-state index in [1.165, 1.54) is 18.2 Å². The van der Waals surface area contributed by atoms with Gasteiger partial charge in [0.2, 0.25) is 5.91 Å². The van der Waals surface area contributed by atoms with E-state index in [-0.39, 0.29) is 6.42 Å². The van der Waals surface area contributed by atoms with Gasteiger partial charge in [0, 0.05) is 30.0 Å². The molecule has 2 N–H and O–H groups in total. The number of carbonyl (C=O) groups excluding carboxylic acids is 1. The van der Waals surface area contributed by atoms with Crippen molar-refractivity contribution in [2.45, 2.75) is 12.6 Å². The summed E-state index contributed by atoms with van der Waals surface area (Å²) in [4.78, 5) is 20.1. The topological polar surface area (TPSA) is 68.9 Å². The molecule has 7 heteroatoms. The molecule has 0 fully saturated rings. The molecule has 142 valence electrons. The van der Waals surface area contributed by atoms with Crippen molar-refractivity contribution in [3.8, 4) is 11.4 Å². The number of amides is 1. The van der Waals surface area contributed by atoms with E-state index in [1.807, 2.05) is 24.3 Å². The van der Waals surface area contributed by atoms with Crippen molar-refractivity contribution < 1.29 is 18.0 Å². The van der Waals surface area contributed by atoms with Gasteiger partial charge in [0.05, 0.1) is 5.56 Å². The molecule has 0 saturated heterocycles. The molecule has 3 aromatic rings. The smallest absolute Gasteiger partial charge is 0.366 e. The highest BCUT2D eigenvalue weighted by Gasteiger charge is 2.29. The lowest BCUT2D eigenvalue weighted by molar-refractivity contribution is -0.137. The lowest BCUT2D eigenvalue weighted by Gasteiger charge is -2.08. The van der Waals surface area contributed by atoms with E-state index in [9.17, 15) is 18.0 Å². The Kier molecular flexibility index (Phi) is 5.54. The Labute approximate surface area is 159 Å². The molecule has 0 radical (unpaired) electrons. The Hall–Kier alpha value is -3.48. The third kappa shape index (κ3) is 4.82. The number of hydrogen-bond donors (Lipinski definition) is 1. The van der Waals surface area contributed by atoms with Crippen LogP contribution < -0.4 is 5.73 Å². The first-order valence-electron chi connectivity index (χ1n) is 8.37. The Morgan fingerprint density at radius 2 is 1.57 bits per heavy atom. The molecule has 0 atom stereocenters. The molecule has 3 rings (SSSR count). The van der Waals surface area contributed by atoms with Crippen LogP contribution in [0.5, 0.6) is 0 Å². The van der Waals surface area contributed by atoms with Crippen molar-refractivity contribution in [1.82, 2.24) is 9.97 Å². The van der Waals surface area contributed by atoms with Gasteiger partial charge >= 0.3 is 6.18 Å². The molecule has 0 aliphatic heterocycles. The summed E-state index contributed by atoms with van der Waals surface area (Å²) in [5, 5.41) is 0. The Morgan fingerprint density at radius 3 is 2.11 bits per heavy atom. The molecular weight excluding hydrogens is 367 g/mol. The van der Waals surface area contributed by atoms with Crippen molar-refractivity contribution in [2.75, 3.05) is 0 Å². The van der Waals surface area contributed by atoms with Crippen molar-refractivity contribution in [3.05, 3.63) is 89.3 Å². The Morgan fingerprint density at radius 1 is 0.964 bits per heavy atom. The van der Waals surface area contributed by atoms with Gasteiger partial charge in [0.1, 0.15) is 0 Å². The molecular formula is C21H16F3N3O. The fourth-order valence-corrected chi connectivity index (χ4v) is 2.62. The third-order valence-corrected chi connectivity index (χ3v) is 4.07. The van der Waals surface area contributed by atoms with Crippen LogP contribution in [0.3, 0.4) is 0 Å². The number of nitrogens with two attached hydrogens (primary N) is 1. The van der Waals surface area contributed by atoms with Crippen LogP contribution in [0, 0.1) is 0 Å². The van der Waals surface area contributed by atoms with Crippen LogP contribution >= 0.6 is 0 Å². The summed E-state index contributed by atoms with van der Waals surface area (Å²) in [6.07, 6.45) is 0.643. The molecule has 0 aliphatic rings. The summed E-state index contributed by atoms with van der Waals surface area (Å²) in [5.41, 5.74) is 7.12. The zero-order valence-electron chi connectivity index (χ0n) is 14.6. The van der Waals surface area contributed by atoms with Gasteiger partial charge in [-0.1, -0.05) is 36.4 Å². The van der Waals surface area contributed by atoms with Crippen molar-refractivity contribution >= 4 is 12.0 Å². The van der Waals surface area contributed by atoms with Gasteiger partial charge in [0.25, 0.3) is 0 Å². The van der Waals surface area contributed by atoms with Gasteiger partial charge in [-0.2, -0.15) is 13.2 Å². The number of nitrogens with zero attached hydrogens (tertiary/aromatic N) is 2. The SMILES string of the molecule is NC(=O)/C(=C\c1ccc(C(F)(F)F)cc1)Cc1ccc(-c2ncccn2)cc1. The number of carbonyl (C=O) groups is 1. The van der Waals surface area contributed by atoms with E-state index < -0.39 is 17.6 Å². The van der Waals surface area contributed by atoms with Crippen LogP contribution in [0.4, 0.5) is 13.2 Å². The highest BCUT2D eigenvalue weighted by Crippen LogP contribution is 2.29. The maximum atomic E-state index is 12.7. The summed E-state index contributed by atoms with van der Waals surface area (Å²) in [5.74, 6) is -0.0418. The first-order valence-corrected chi connectivity index (χ1v) is 8.37. The third-order valence-electron chi connectivity index (χ3n) is 4.07. The van der Waals surface area contributed by atoms with Gasteiger partial charge in [-0.25, -0.2) is 9.97 Å².